The van der Waals surface area contributed by atoms with Crippen molar-refractivity contribution in [1.29, 1.82) is 0 Å². The largest absolute Gasteiger partial charge is 0.493 e. The second-order valence-electron chi connectivity index (χ2n) is 4.67. The summed E-state index contributed by atoms with van der Waals surface area (Å²) in [6.07, 6.45) is 0.674. The van der Waals surface area contributed by atoms with Gasteiger partial charge in [-0.25, -0.2) is 0 Å². The van der Waals surface area contributed by atoms with E-state index in [0.717, 1.165) is 0 Å². The van der Waals surface area contributed by atoms with Crippen molar-refractivity contribution in [2.45, 2.75) is 0 Å². The number of nitro groups is 1. The summed E-state index contributed by atoms with van der Waals surface area (Å²) in [7, 11) is 1.42. The molecule has 2 rings (SSSR count). The lowest BCUT2D eigenvalue weighted by Crippen LogP contribution is -2.20. The standard InChI is InChI=1S/C16H14N2O6/c1-23-15-8-11(9-19)2-7-14(15)24-10-16(20)17-12-3-5-13(6-4-12)18(21)22/h2-9H,10H2,1H3,(H,17,20). The molecule has 1 amide bonds. The van der Waals surface area contributed by atoms with Gasteiger partial charge >= 0.3 is 0 Å². The number of hydrogen-bond donors (Lipinski definition) is 1. The van der Waals surface area contributed by atoms with Crippen molar-refractivity contribution in [2.24, 2.45) is 0 Å². The Morgan fingerprint density at radius 3 is 2.50 bits per heavy atom. The second kappa shape index (κ2) is 7.73. The first-order valence-corrected chi connectivity index (χ1v) is 6.84. The number of carbonyl (C=O) groups is 2. The van der Waals surface area contributed by atoms with Crippen LogP contribution in [0.3, 0.4) is 0 Å². The number of nitro benzene ring substituents is 1. The van der Waals surface area contributed by atoms with Crippen molar-refractivity contribution in [2.75, 3.05) is 19.0 Å². The van der Waals surface area contributed by atoms with Gasteiger partial charge in [0.25, 0.3) is 11.6 Å². The van der Waals surface area contributed by atoms with E-state index >= 15 is 0 Å². The Bertz CT molecular complexity index is 758. The molecule has 1 N–H and O–H groups in total. The number of non-ortho nitro benzene ring substituents is 1. The summed E-state index contributed by atoms with van der Waals surface area (Å²) < 4.78 is 10.5. The van der Waals surface area contributed by atoms with E-state index in [1.54, 1.807) is 6.07 Å². The van der Waals surface area contributed by atoms with E-state index in [1.165, 1.54) is 43.5 Å². The normalized spacial score (nSPS) is 9.88. The van der Waals surface area contributed by atoms with E-state index in [0.29, 0.717) is 29.0 Å². The number of aldehydes is 1. The first-order chi connectivity index (χ1) is 11.5. The van der Waals surface area contributed by atoms with Crippen molar-refractivity contribution >= 4 is 23.6 Å². The van der Waals surface area contributed by atoms with Crippen LogP contribution in [0.1, 0.15) is 10.4 Å². The number of amides is 1. The van der Waals surface area contributed by atoms with E-state index in [1.807, 2.05) is 0 Å². The highest BCUT2D eigenvalue weighted by atomic mass is 16.6. The van der Waals surface area contributed by atoms with Crippen LogP contribution in [0.15, 0.2) is 42.5 Å². The zero-order chi connectivity index (χ0) is 17.5. The predicted molar refractivity (Wildman–Crippen MR) is 85.6 cm³/mol. The third-order valence-electron chi connectivity index (χ3n) is 3.04. The van der Waals surface area contributed by atoms with Gasteiger partial charge in [0.05, 0.1) is 12.0 Å². The maximum atomic E-state index is 11.9. The fraction of sp³-hybridized carbons (Fsp3) is 0.125. The summed E-state index contributed by atoms with van der Waals surface area (Å²) in [5, 5.41) is 13.1. The zero-order valence-corrected chi connectivity index (χ0v) is 12.7. The highest BCUT2D eigenvalue weighted by Crippen LogP contribution is 2.27. The van der Waals surface area contributed by atoms with Gasteiger partial charge in [-0.3, -0.25) is 19.7 Å². The van der Waals surface area contributed by atoms with Crippen LogP contribution >= 0.6 is 0 Å². The molecule has 0 aliphatic rings. The lowest BCUT2D eigenvalue weighted by molar-refractivity contribution is -0.384. The van der Waals surface area contributed by atoms with Crippen LogP contribution in [0.2, 0.25) is 0 Å². The monoisotopic (exact) mass is 330 g/mol. The Hall–Kier alpha value is -3.42. The molecule has 2 aromatic rings. The number of nitrogens with one attached hydrogen (secondary N) is 1. The number of methoxy groups -OCH3 is 1. The predicted octanol–water partition coefficient (Wildman–Crippen LogP) is 2.43. The maximum Gasteiger partial charge on any atom is 0.269 e. The molecular formula is C16H14N2O6. The lowest BCUT2D eigenvalue weighted by Gasteiger charge is -2.11. The average Bonchev–Trinajstić information content (AvgIpc) is 2.60. The van der Waals surface area contributed by atoms with Gasteiger partial charge in [-0.2, -0.15) is 0 Å². The van der Waals surface area contributed by atoms with E-state index in [4.69, 9.17) is 9.47 Å². The maximum absolute atomic E-state index is 11.9. The third kappa shape index (κ3) is 4.29. The fourth-order valence-corrected chi connectivity index (χ4v) is 1.88. The molecule has 0 saturated heterocycles. The molecular weight excluding hydrogens is 316 g/mol. The molecule has 0 aliphatic heterocycles. The Kier molecular flexibility index (Phi) is 5.45. The van der Waals surface area contributed by atoms with Crippen LogP contribution in [0.4, 0.5) is 11.4 Å². The molecule has 0 saturated carbocycles. The van der Waals surface area contributed by atoms with Crippen LogP contribution in [-0.4, -0.2) is 30.8 Å². The fourth-order valence-electron chi connectivity index (χ4n) is 1.88. The highest BCUT2D eigenvalue weighted by Gasteiger charge is 2.10. The number of anilines is 1. The average molecular weight is 330 g/mol. The highest BCUT2D eigenvalue weighted by molar-refractivity contribution is 5.92. The number of rotatable bonds is 7. The summed E-state index contributed by atoms with van der Waals surface area (Å²) in [4.78, 5) is 32.6. The second-order valence-corrected chi connectivity index (χ2v) is 4.67. The van der Waals surface area contributed by atoms with Gasteiger partial charge in [0.2, 0.25) is 0 Å². The summed E-state index contributed by atoms with van der Waals surface area (Å²) in [5.74, 6) is 0.218. The molecule has 2 aromatic carbocycles. The summed E-state index contributed by atoms with van der Waals surface area (Å²) in [6.45, 7) is -0.284. The molecule has 124 valence electrons. The number of hydrogen-bond acceptors (Lipinski definition) is 6. The molecule has 0 spiro atoms. The number of carbonyl (C=O) groups excluding carboxylic acids is 2. The van der Waals surface area contributed by atoms with E-state index in [2.05, 4.69) is 5.32 Å². The van der Waals surface area contributed by atoms with Gasteiger partial charge in [-0.1, -0.05) is 0 Å². The van der Waals surface area contributed by atoms with Crippen molar-refractivity contribution < 1.29 is 24.0 Å². The van der Waals surface area contributed by atoms with Gasteiger partial charge in [-0.15, -0.1) is 0 Å². The first-order valence-electron chi connectivity index (χ1n) is 6.84. The van der Waals surface area contributed by atoms with Crippen molar-refractivity contribution in [3.8, 4) is 11.5 Å². The topological polar surface area (TPSA) is 108 Å². The quantitative estimate of drug-likeness (QED) is 0.474. The molecule has 0 fully saturated rings. The van der Waals surface area contributed by atoms with E-state index in [-0.39, 0.29) is 12.3 Å². The molecule has 0 unspecified atom stereocenters. The van der Waals surface area contributed by atoms with Crippen LogP contribution in [0, 0.1) is 10.1 Å². The Balaban J connectivity index is 1.95. The minimum absolute atomic E-state index is 0.0655. The first kappa shape index (κ1) is 16.9. The lowest BCUT2D eigenvalue weighted by atomic mass is 10.2. The molecule has 8 nitrogen and oxygen atoms in total. The Morgan fingerprint density at radius 2 is 1.92 bits per heavy atom. The van der Waals surface area contributed by atoms with Crippen LogP contribution < -0.4 is 14.8 Å². The molecule has 0 atom stereocenters. The summed E-state index contributed by atoms with van der Waals surface area (Å²) in [6, 6.07) is 10.00. The minimum Gasteiger partial charge on any atom is -0.493 e. The Morgan fingerprint density at radius 1 is 1.21 bits per heavy atom. The van der Waals surface area contributed by atoms with Gasteiger partial charge in [-0.05, 0) is 30.3 Å². The minimum atomic E-state index is -0.524. The molecule has 8 heteroatoms. The Labute approximate surface area is 137 Å². The molecule has 0 bridgehead atoms. The van der Waals surface area contributed by atoms with Crippen molar-refractivity contribution in [3.63, 3.8) is 0 Å². The van der Waals surface area contributed by atoms with E-state index in [9.17, 15) is 19.7 Å². The van der Waals surface area contributed by atoms with Crippen LogP contribution in [-0.2, 0) is 4.79 Å². The molecule has 0 radical (unpaired) electrons. The van der Waals surface area contributed by atoms with Gasteiger partial charge in [0, 0.05) is 23.4 Å². The molecule has 0 aliphatic carbocycles. The van der Waals surface area contributed by atoms with Gasteiger partial charge in [0.1, 0.15) is 6.29 Å². The number of ether oxygens (including phenoxy) is 2. The van der Waals surface area contributed by atoms with Gasteiger partial charge < -0.3 is 14.8 Å². The van der Waals surface area contributed by atoms with Crippen molar-refractivity contribution in [1.82, 2.24) is 0 Å². The molecule has 24 heavy (non-hydrogen) atoms. The van der Waals surface area contributed by atoms with Gasteiger partial charge in [0.15, 0.2) is 18.1 Å². The molecule has 0 heterocycles. The smallest absolute Gasteiger partial charge is 0.269 e. The SMILES string of the molecule is COc1cc(C=O)ccc1OCC(=O)Nc1ccc([N+](=O)[O-])cc1. The third-order valence-corrected chi connectivity index (χ3v) is 3.04. The molecule has 0 aromatic heterocycles. The van der Waals surface area contributed by atoms with E-state index < -0.39 is 10.8 Å². The summed E-state index contributed by atoms with van der Waals surface area (Å²) in [5.41, 5.74) is 0.774. The summed E-state index contributed by atoms with van der Waals surface area (Å²) >= 11 is 0. The zero-order valence-electron chi connectivity index (χ0n) is 12.7. The number of nitrogens with zero attached hydrogens (tertiary/aromatic N) is 1. The number of benzene rings is 2. The van der Waals surface area contributed by atoms with Crippen LogP contribution in [0.25, 0.3) is 0 Å². The van der Waals surface area contributed by atoms with Crippen molar-refractivity contribution in [3.05, 3.63) is 58.1 Å². The van der Waals surface area contributed by atoms with Crippen LogP contribution in [0.5, 0.6) is 11.5 Å².